The predicted octanol–water partition coefficient (Wildman–Crippen LogP) is 2.28. The number of hydrogen-bond acceptors (Lipinski definition) is 3. The molecule has 0 bridgehead atoms. The van der Waals surface area contributed by atoms with E-state index < -0.39 is 0 Å². The topological polar surface area (TPSA) is 29.5 Å². The maximum absolute atomic E-state index is 12.2. The van der Waals surface area contributed by atoms with Gasteiger partial charge in [-0.25, -0.2) is 0 Å². The largest absolute Gasteiger partial charge is 0.380 e. The summed E-state index contributed by atoms with van der Waals surface area (Å²) in [5, 5.41) is 0.441. The Bertz CT molecular complexity index is 276. The van der Waals surface area contributed by atoms with E-state index in [9.17, 15) is 4.79 Å². The molecular formula is C12H21NO2S. The highest BCUT2D eigenvalue weighted by Gasteiger charge is 2.27. The zero-order valence-electron chi connectivity index (χ0n) is 10.5. The summed E-state index contributed by atoms with van der Waals surface area (Å²) in [5.41, 5.74) is 0. The Hall–Kier alpha value is -0.480. The maximum Gasteiger partial charge on any atom is 0.260 e. The zero-order valence-corrected chi connectivity index (χ0v) is 11.3. The predicted molar refractivity (Wildman–Crippen MR) is 68.5 cm³/mol. The van der Waals surface area contributed by atoms with Crippen LogP contribution in [0.2, 0.25) is 0 Å². The summed E-state index contributed by atoms with van der Waals surface area (Å²) in [5.74, 6) is 0.153. The molecule has 0 N–H and O–H groups in total. The minimum atomic E-state index is 0.153. The van der Waals surface area contributed by atoms with Gasteiger partial charge in [0, 0.05) is 25.4 Å². The Morgan fingerprint density at radius 3 is 2.69 bits per heavy atom. The number of nitrogens with zero attached hydrogens (tertiary/aromatic N) is 1. The zero-order chi connectivity index (χ0) is 12.1. The van der Waals surface area contributed by atoms with Gasteiger partial charge in [-0.3, -0.25) is 4.79 Å². The number of allylic oxidation sites excluding steroid dienone is 1. The smallest absolute Gasteiger partial charge is 0.260 e. The third kappa shape index (κ3) is 3.52. The van der Waals surface area contributed by atoms with Gasteiger partial charge in [0.25, 0.3) is 5.91 Å². The van der Waals surface area contributed by atoms with Gasteiger partial charge < -0.3 is 9.64 Å². The molecule has 0 saturated carbocycles. The van der Waals surface area contributed by atoms with Gasteiger partial charge >= 0.3 is 0 Å². The van der Waals surface area contributed by atoms with Crippen LogP contribution < -0.4 is 0 Å². The molecule has 1 aliphatic rings. The second kappa shape index (κ2) is 6.30. The quantitative estimate of drug-likeness (QED) is 0.709. The Balaban J connectivity index is 2.56. The SMILES string of the molecule is C/C=C(\SC(C)C)C(=O)N1CCC(OC)C1. The van der Waals surface area contributed by atoms with E-state index in [1.165, 1.54) is 0 Å². The van der Waals surface area contributed by atoms with Crippen molar-refractivity contribution in [2.75, 3.05) is 20.2 Å². The van der Waals surface area contributed by atoms with Gasteiger partial charge in [0.05, 0.1) is 11.0 Å². The van der Waals surface area contributed by atoms with Crippen molar-refractivity contribution in [3.8, 4) is 0 Å². The molecule has 1 aliphatic heterocycles. The van der Waals surface area contributed by atoms with Crippen LogP contribution in [0, 0.1) is 0 Å². The minimum absolute atomic E-state index is 0.153. The third-order valence-electron chi connectivity index (χ3n) is 2.60. The van der Waals surface area contributed by atoms with Crippen LogP contribution in [0.3, 0.4) is 0 Å². The molecule has 0 spiro atoms. The fourth-order valence-corrected chi connectivity index (χ4v) is 2.63. The van der Waals surface area contributed by atoms with Gasteiger partial charge in [-0.15, -0.1) is 11.8 Å². The standard InChI is InChI=1S/C12H21NO2S/c1-5-11(16-9(2)3)12(14)13-7-6-10(8-13)15-4/h5,9-10H,6-8H2,1-4H3/b11-5-. The Kier molecular flexibility index (Phi) is 5.35. The van der Waals surface area contributed by atoms with Crippen LogP contribution in [-0.2, 0) is 9.53 Å². The molecule has 92 valence electrons. The van der Waals surface area contributed by atoms with E-state index in [-0.39, 0.29) is 12.0 Å². The third-order valence-corrected chi connectivity index (χ3v) is 3.74. The fraction of sp³-hybridized carbons (Fsp3) is 0.750. The molecule has 0 aromatic carbocycles. The van der Waals surface area contributed by atoms with Gasteiger partial charge in [-0.2, -0.15) is 0 Å². The fourth-order valence-electron chi connectivity index (χ4n) is 1.76. The molecule has 1 fully saturated rings. The van der Waals surface area contributed by atoms with Gasteiger partial charge in [0.1, 0.15) is 0 Å². The molecule has 0 aliphatic carbocycles. The lowest BCUT2D eigenvalue weighted by atomic mass is 10.3. The van der Waals surface area contributed by atoms with Gasteiger partial charge in [0.15, 0.2) is 0 Å². The first kappa shape index (κ1) is 13.6. The van der Waals surface area contributed by atoms with E-state index >= 15 is 0 Å². The number of hydrogen-bond donors (Lipinski definition) is 0. The summed E-state index contributed by atoms with van der Waals surface area (Å²) >= 11 is 1.63. The number of methoxy groups -OCH3 is 1. The maximum atomic E-state index is 12.2. The van der Waals surface area contributed by atoms with E-state index in [0.717, 1.165) is 24.4 Å². The molecule has 1 amide bonds. The first-order valence-corrected chi connectivity index (χ1v) is 6.61. The lowest BCUT2D eigenvalue weighted by Crippen LogP contribution is -2.30. The highest BCUT2D eigenvalue weighted by Crippen LogP contribution is 2.25. The number of amides is 1. The van der Waals surface area contributed by atoms with E-state index in [2.05, 4.69) is 13.8 Å². The molecule has 1 unspecified atom stereocenters. The van der Waals surface area contributed by atoms with Crippen molar-refractivity contribution >= 4 is 17.7 Å². The van der Waals surface area contributed by atoms with Crippen LogP contribution in [0.25, 0.3) is 0 Å². The summed E-state index contributed by atoms with van der Waals surface area (Å²) in [6, 6.07) is 0. The molecule has 4 heteroatoms. The molecule has 1 heterocycles. The molecule has 0 radical (unpaired) electrons. The first-order valence-electron chi connectivity index (χ1n) is 5.73. The van der Waals surface area contributed by atoms with Crippen LogP contribution in [0.5, 0.6) is 0 Å². The highest BCUT2D eigenvalue weighted by molar-refractivity contribution is 8.04. The molecule has 1 atom stereocenters. The lowest BCUT2D eigenvalue weighted by molar-refractivity contribution is -0.125. The van der Waals surface area contributed by atoms with Crippen molar-refractivity contribution in [3.05, 3.63) is 11.0 Å². The number of carbonyl (C=O) groups is 1. The summed E-state index contributed by atoms with van der Waals surface area (Å²) in [7, 11) is 1.71. The monoisotopic (exact) mass is 243 g/mol. The van der Waals surface area contributed by atoms with Gasteiger partial charge in [-0.1, -0.05) is 19.9 Å². The van der Waals surface area contributed by atoms with E-state index in [1.54, 1.807) is 18.9 Å². The Labute approximate surface area is 102 Å². The van der Waals surface area contributed by atoms with Crippen LogP contribution >= 0.6 is 11.8 Å². The van der Waals surface area contributed by atoms with Gasteiger partial charge in [-0.05, 0) is 13.3 Å². The van der Waals surface area contributed by atoms with Gasteiger partial charge in [0.2, 0.25) is 0 Å². The molecule has 3 nitrogen and oxygen atoms in total. The van der Waals surface area contributed by atoms with Crippen LogP contribution in [0.4, 0.5) is 0 Å². The summed E-state index contributed by atoms with van der Waals surface area (Å²) in [4.78, 5) is 14.9. The number of carbonyl (C=O) groups excluding carboxylic acids is 1. The molecule has 0 aromatic heterocycles. The van der Waals surface area contributed by atoms with Crippen LogP contribution in [-0.4, -0.2) is 42.4 Å². The summed E-state index contributed by atoms with van der Waals surface area (Å²) < 4.78 is 5.27. The molecule has 1 rings (SSSR count). The molecule has 0 aromatic rings. The lowest BCUT2D eigenvalue weighted by Gasteiger charge is -2.18. The number of likely N-dealkylation sites (tertiary alicyclic amines) is 1. The van der Waals surface area contributed by atoms with Crippen molar-refractivity contribution in [1.29, 1.82) is 0 Å². The van der Waals surface area contributed by atoms with Crippen LogP contribution in [0.1, 0.15) is 27.2 Å². The van der Waals surface area contributed by atoms with Crippen LogP contribution in [0.15, 0.2) is 11.0 Å². The molecule has 1 saturated heterocycles. The second-order valence-electron chi connectivity index (χ2n) is 4.22. The number of thioether (sulfide) groups is 1. The van der Waals surface area contributed by atoms with E-state index in [0.29, 0.717) is 5.25 Å². The Morgan fingerprint density at radius 1 is 1.56 bits per heavy atom. The average molecular weight is 243 g/mol. The average Bonchev–Trinajstić information content (AvgIpc) is 2.73. The number of rotatable bonds is 4. The summed E-state index contributed by atoms with van der Waals surface area (Å²) in [6.07, 6.45) is 3.07. The van der Waals surface area contributed by atoms with Crippen molar-refractivity contribution in [3.63, 3.8) is 0 Å². The van der Waals surface area contributed by atoms with Crippen molar-refractivity contribution in [2.45, 2.75) is 38.5 Å². The normalized spacial score (nSPS) is 21.9. The molecular weight excluding hydrogens is 222 g/mol. The van der Waals surface area contributed by atoms with Crippen molar-refractivity contribution < 1.29 is 9.53 Å². The van der Waals surface area contributed by atoms with E-state index in [1.807, 2.05) is 17.9 Å². The second-order valence-corrected chi connectivity index (χ2v) is 5.84. The first-order chi connectivity index (χ1) is 7.58. The van der Waals surface area contributed by atoms with Crippen molar-refractivity contribution in [2.24, 2.45) is 0 Å². The van der Waals surface area contributed by atoms with E-state index in [4.69, 9.17) is 4.74 Å². The Morgan fingerprint density at radius 2 is 2.25 bits per heavy atom. The van der Waals surface area contributed by atoms with Crippen molar-refractivity contribution in [1.82, 2.24) is 4.90 Å². The summed E-state index contributed by atoms with van der Waals surface area (Å²) in [6.45, 7) is 7.66. The highest BCUT2D eigenvalue weighted by atomic mass is 32.2. The molecule has 16 heavy (non-hydrogen) atoms. The minimum Gasteiger partial charge on any atom is -0.380 e. The number of ether oxygens (including phenoxy) is 1.